The number of aromatic nitrogens is 4. The maximum Gasteiger partial charge on any atom is 0.248 e. The molecule has 0 aliphatic carbocycles. The van der Waals surface area contributed by atoms with Crippen molar-refractivity contribution in [3.63, 3.8) is 0 Å². The van der Waals surface area contributed by atoms with E-state index in [2.05, 4.69) is 20.4 Å². The van der Waals surface area contributed by atoms with Gasteiger partial charge in [-0.25, -0.2) is 4.98 Å². The molecule has 4 heterocycles. The Morgan fingerprint density at radius 3 is 3.09 bits per heavy atom. The van der Waals surface area contributed by atoms with Crippen molar-refractivity contribution >= 4 is 17.4 Å². The number of anilines is 2. The van der Waals surface area contributed by atoms with Crippen LogP contribution in [0.15, 0.2) is 42.6 Å². The normalized spacial score (nSPS) is 17.5. The van der Waals surface area contributed by atoms with Crippen LogP contribution in [-0.2, 0) is 4.74 Å². The number of pyridine rings is 2. The second-order valence-electron chi connectivity index (χ2n) is 5.36. The van der Waals surface area contributed by atoms with E-state index in [1.54, 1.807) is 10.7 Å². The average molecular weight is 311 g/mol. The second-order valence-corrected chi connectivity index (χ2v) is 5.36. The Bertz CT molecular complexity index is 784. The molecule has 23 heavy (non-hydrogen) atoms. The van der Waals surface area contributed by atoms with Gasteiger partial charge in [0.1, 0.15) is 12.4 Å². The van der Waals surface area contributed by atoms with E-state index < -0.39 is 0 Å². The topological polar surface area (TPSA) is 73.6 Å². The predicted molar refractivity (Wildman–Crippen MR) is 85.0 cm³/mol. The number of hydrogen-bond acceptors (Lipinski definition) is 6. The van der Waals surface area contributed by atoms with Gasteiger partial charge in [-0.1, -0.05) is 12.1 Å². The molecular weight excluding hydrogens is 294 g/mol. The summed E-state index contributed by atoms with van der Waals surface area (Å²) in [4.78, 5) is 8.65. The highest BCUT2D eigenvalue weighted by molar-refractivity contribution is 5.52. The van der Waals surface area contributed by atoms with Crippen LogP contribution < -0.4 is 10.1 Å². The van der Waals surface area contributed by atoms with Crippen LogP contribution in [0.5, 0.6) is 5.88 Å². The van der Waals surface area contributed by atoms with Gasteiger partial charge < -0.3 is 14.8 Å². The Morgan fingerprint density at radius 1 is 1.26 bits per heavy atom. The van der Waals surface area contributed by atoms with Gasteiger partial charge in [-0.15, -0.1) is 5.10 Å². The molecule has 1 atom stereocenters. The summed E-state index contributed by atoms with van der Waals surface area (Å²) in [7, 11) is 0. The van der Waals surface area contributed by atoms with Gasteiger partial charge in [0.05, 0.1) is 6.10 Å². The van der Waals surface area contributed by atoms with Gasteiger partial charge in [-0.2, -0.15) is 9.50 Å². The molecule has 1 saturated heterocycles. The average Bonchev–Trinajstić information content (AvgIpc) is 3.23. The minimum Gasteiger partial charge on any atom is -0.475 e. The summed E-state index contributed by atoms with van der Waals surface area (Å²) < 4.78 is 13.1. The van der Waals surface area contributed by atoms with Crippen molar-refractivity contribution in [3.8, 4) is 5.88 Å². The Balaban J connectivity index is 1.54. The molecule has 4 rings (SSSR count). The summed E-state index contributed by atoms with van der Waals surface area (Å²) in [6, 6.07) is 11.3. The largest absolute Gasteiger partial charge is 0.475 e. The van der Waals surface area contributed by atoms with Crippen molar-refractivity contribution in [2.75, 3.05) is 18.5 Å². The Hall–Kier alpha value is -2.67. The molecule has 0 amide bonds. The van der Waals surface area contributed by atoms with Gasteiger partial charge in [0.15, 0.2) is 5.65 Å². The molecule has 0 radical (unpaired) electrons. The Labute approximate surface area is 133 Å². The van der Waals surface area contributed by atoms with Crippen LogP contribution in [0.25, 0.3) is 5.65 Å². The molecule has 7 nitrogen and oxygen atoms in total. The minimum atomic E-state index is 0.167. The maximum absolute atomic E-state index is 5.86. The van der Waals surface area contributed by atoms with Crippen LogP contribution >= 0.6 is 0 Å². The third-order valence-corrected chi connectivity index (χ3v) is 3.67. The zero-order valence-electron chi connectivity index (χ0n) is 12.6. The van der Waals surface area contributed by atoms with E-state index >= 15 is 0 Å². The van der Waals surface area contributed by atoms with Gasteiger partial charge in [-0.05, 0) is 31.0 Å². The van der Waals surface area contributed by atoms with Gasteiger partial charge in [-0.3, -0.25) is 0 Å². The zero-order valence-corrected chi connectivity index (χ0v) is 12.6. The van der Waals surface area contributed by atoms with E-state index in [9.17, 15) is 0 Å². The van der Waals surface area contributed by atoms with Crippen molar-refractivity contribution in [2.24, 2.45) is 0 Å². The van der Waals surface area contributed by atoms with E-state index in [4.69, 9.17) is 9.47 Å². The number of fused-ring (bicyclic) bond motifs is 1. The highest BCUT2D eigenvalue weighted by Gasteiger charge is 2.17. The molecule has 1 unspecified atom stereocenters. The molecule has 0 bridgehead atoms. The van der Waals surface area contributed by atoms with Crippen LogP contribution in [0, 0.1) is 0 Å². The number of hydrogen-bond donors (Lipinski definition) is 1. The first kappa shape index (κ1) is 14.0. The fourth-order valence-corrected chi connectivity index (χ4v) is 2.55. The monoisotopic (exact) mass is 311 g/mol. The first-order valence-electron chi connectivity index (χ1n) is 7.67. The smallest absolute Gasteiger partial charge is 0.248 e. The minimum absolute atomic E-state index is 0.167. The molecule has 3 aromatic heterocycles. The zero-order chi connectivity index (χ0) is 15.5. The lowest BCUT2D eigenvalue weighted by Crippen LogP contribution is -2.17. The molecule has 1 fully saturated rings. The SMILES string of the molecule is c1ccc(Nc2nc3cccc(OCC4CCCO4)n3n2)nc1. The molecule has 1 aliphatic heterocycles. The third kappa shape index (κ3) is 3.09. The van der Waals surface area contributed by atoms with E-state index in [0.29, 0.717) is 29.9 Å². The molecule has 1 N–H and O–H groups in total. The molecule has 1 aliphatic rings. The van der Waals surface area contributed by atoms with Gasteiger partial charge in [0.2, 0.25) is 11.8 Å². The van der Waals surface area contributed by atoms with Crippen LogP contribution in [0.1, 0.15) is 12.8 Å². The first-order valence-corrected chi connectivity index (χ1v) is 7.67. The number of nitrogens with zero attached hydrogens (tertiary/aromatic N) is 4. The molecular formula is C16H17N5O2. The van der Waals surface area contributed by atoms with Crippen molar-refractivity contribution < 1.29 is 9.47 Å². The van der Waals surface area contributed by atoms with Crippen LogP contribution in [0.4, 0.5) is 11.8 Å². The van der Waals surface area contributed by atoms with Crippen LogP contribution in [-0.4, -0.2) is 38.9 Å². The van der Waals surface area contributed by atoms with Crippen LogP contribution in [0.3, 0.4) is 0 Å². The highest BCUT2D eigenvalue weighted by atomic mass is 16.5. The van der Waals surface area contributed by atoms with E-state index in [-0.39, 0.29) is 6.10 Å². The fraction of sp³-hybridized carbons (Fsp3) is 0.312. The number of nitrogens with one attached hydrogen (secondary N) is 1. The molecule has 0 spiro atoms. The lowest BCUT2D eigenvalue weighted by molar-refractivity contribution is 0.0655. The van der Waals surface area contributed by atoms with Crippen molar-refractivity contribution in [1.29, 1.82) is 0 Å². The second kappa shape index (κ2) is 6.21. The lowest BCUT2D eigenvalue weighted by Gasteiger charge is -2.11. The standard InChI is InChI=1S/C16H17N5O2/c1-2-9-17-13(6-1)18-16-19-14-7-3-8-15(21(14)20-16)23-11-12-5-4-10-22-12/h1-3,6-9,12H,4-5,10-11H2,(H,17,18,20). The number of ether oxygens (including phenoxy) is 2. The fourth-order valence-electron chi connectivity index (χ4n) is 2.55. The summed E-state index contributed by atoms with van der Waals surface area (Å²) in [6.07, 6.45) is 4.02. The van der Waals surface area contributed by atoms with E-state index in [0.717, 1.165) is 19.4 Å². The molecule has 7 heteroatoms. The number of rotatable bonds is 5. The maximum atomic E-state index is 5.86. The lowest BCUT2D eigenvalue weighted by atomic mass is 10.2. The molecule has 0 aromatic carbocycles. The van der Waals surface area contributed by atoms with E-state index in [1.165, 1.54) is 0 Å². The van der Waals surface area contributed by atoms with Crippen molar-refractivity contribution in [2.45, 2.75) is 18.9 Å². The first-order chi connectivity index (χ1) is 11.4. The Kier molecular flexibility index (Phi) is 3.77. The quantitative estimate of drug-likeness (QED) is 0.780. The summed E-state index contributed by atoms with van der Waals surface area (Å²) in [6.45, 7) is 1.35. The Morgan fingerprint density at radius 2 is 2.26 bits per heavy atom. The highest BCUT2D eigenvalue weighted by Crippen LogP contribution is 2.19. The summed E-state index contributed by atoms with van der Waals surface area (Å²) >= 11 is 0. The summed E-state index contributed by atoms with van der Waals surface area (Å²) in [5.41, 5.74) is 0.716. The van der Waals surface area contributed by atoms with Crippen LogP contribution in [0.2, 0.25) is 0 Å². The van der Waals surface area contributed by atoms with Crippen molar-refractivity contribution in [3.05, 3.63) is 42.6 Å². The molecule has 3 aromatic rings. The summed E-state index contributed by atoms with van der Waals surface area (Å²) in [5, 5.41) is 7.53. The van der Waals surface area contributed by atoms with Gasteiger partial charge >= 0.3 is 0 Å². The molecule has 118 valence electrons. The van der Waals surface area contributed by atoms with E-state index in [1.807, 2.05) is 36.4 Å². The van der Waals surface area contributed by atoms with Gasteiger partial charge in [0, 0.05) is 18.9 Å². The van der Waals surface area contributed by atoms with Crippen molar-refractivity contribution in [1.82, 2.24) is 19.6 Å². The third-order valence-electron chi connectivity index (χ3n) is 3.67. The molecule has 0 saturated carbocycles. The van der Waals surface area contributed by atoms with Gasteiger partial charge in [0.25, 0.3) is 0 Å². The summed E-state index contributed by atoms with van der Waals surface area (Å²) in [5.74, 6) is 1.83. The predicted octanol–water partition coefficient (Wildman–Crippen LogP) is 2.43.